The minimum Gasteiger partial charge on any atom is -0.511 e. The molecule has 0 saturated heterocycles. The molecule has 2 aliphatic carbocycles. The third-order valence-corrected chi connectivity index (χ3v) is 10.3. The number of ketones is 1. The Morgan fingerprint density at radius 2 is 0.915 bits per heavy atom. The van der Waals surface area contributed by atoms with Crippen LogP contribution in [0.5, 0.6) is 0 Å². The fourth-order valence-electron chi connectivity index (χ4n) is 7.37. The number of hydrogen-bond donors (Lipinski definition) is 1. The van der Waals surface area contributed by atoms with E-state index < -0.39 is 0 Å². The Hall–Kier alpha value is -4.95. The molecule has 0 radical (unpaired) electrons. The fraction of sp³-hybridized carbons (Fsp3) is 0.222. The molecule has 1 N–H and O–H groups in total. The molecule has 0 spiro atoms. The third kappa shape index (κ3) is 6.38. The van der Waals surface area contributed by atoms with Crippen molar-refractivity contribution in [3.05, 3.63) is 201 Å². The van der Waals surface area contributed by atoms with Crippen LogP contribution >= 0.6 is 0 Å². The van der Waals surface area contributed by atoms with Crippen LogP contribution in [0.3, 0.4) is 0 Å². The Morgan fingerprint density at radius 1 is 0.532 bits per heavy atom. The molecule has 0 heterocycles. The molecule has 47 heavy (non-hydrogen) atoms. The summed E-state index contributed by atoms with van der Waals surface area (Å²) in [6, 6.07) is 41.4. The van der Waals surface area contributed by atoms with Crippen LogP contribution in [0.1, 0.15) is 80.5 Å². The Labute approximate surface area is 280 Å². The van der Waals surface area contributed by atoms with Crippen LogP contribution in [0.25, 0.3) is 0 Å². The zero-order chi connectivity index (χ0) is 33.1. The van der Waals surface area contributed by atoms with Gasteiger partial charge < -0.3 is 5.11 Å². The summed E-state index contributed by atoms with van der Waals surface area (Å²) < 4.78 is 0. The number of carbonyl (C=O) groups excluding carboxylic acids is 1. The first kappa shape index (κ1) is 32.0. The zero-order valence-electron chi connectivity index (χ0n) is 28.0. The molecule has 0 amide bonds. The highest BCUT2D eigenvalue weighted by atomic mass is 16.3. The predicted octanol–water partition coefficient (Wildman–Crippen LogP) is 11.3. The molecule has 5 atom stereocenters. The summed E-state index contributed by atoms with van der Waals surface area (Å²) in [7, 11) is 0. The van der Waals surface area contributed by atoms with Crippen LogP contribution in [-0.2, 0) is 4.79 Å². The molecule has 0 saturated carbocycles. The second-order valence-corrected chi connectivity index (χ2v) is 13.1. The first-order chi connectivity index (χ1) is 22.8. The molecule has 0 fully saturated rings. The molecular formula is C45H44O2. The Balaban J connectivity index is 1.58. The Morgan fingerprint density at radius 3 is 1.34 bits per heavy atom. The van der Waals surface area contributed by atoms with Crippen molar-refractivity contribution in [2.24, 2.45) is 5.92 Å². The van der Waals surface area contributed by atoms with Crippen molar-refractivity contribution in [2.75, 3.05) is 0 Å². The quantitative estimate of drug-likeness (QED) is 0.214. The van der Waals surface area contributed by atoms with Crippen molar-refractivity contribution in [1.82, 2.24) is 0 Å². The van der Waals surface area contributed by atoms with Gasteiger partial charge in [0.15, 0.2) is 5.78 Å². The summed E-state index contributed by atoms with van der Waals surface area (Å²) in [5.41, 5.74) is 10.2. The summed E-state index contributed by atoms with van der Waals surface area (Å²) in [6.07, 6.45) is 6.39. The summed E-state index contributed by atoms with van der Waals surface area (Å²) in [5.74, 6) is 0.0171. The molecule has 236 valence electrons. The molecule has 2 heteroatoms. The van der Waals surface area contributed by atoms with E-state index >= 15 is 0 Å². The highest BCUT2D eigenvalue weighted by Gasteiger charge is 2.37. The molecule has 5 unspecified atom stereocenters. The molecular weight excluding hydrogens is 572 g/mol. The van der Waals surface area contributed by atoms with Gasteiger partial charge >= 0.3 is 0 Å². The van der Waals surface area contributed by atoms with Crippen molar-refractivity contribution in [2.45, 2.75) is 58.3 Å². The largest absolute Gasteiger partial charge is 0.511 e. The van der Waals surface area contributed by atoms with Gasteiger partial charge in [0.2, 0.25) is 0 Å². The van der Waals surface area contributed by atoms with Gasteiger partial charge in [0, 0.05) is 34.8 Å². The van der Waals surface area contributed by atoms with E-state index in [0.717, 1.165) is 44.6 Å². The van der Waals surface area contributed by atoms with Gasteiger partial charge in [-0.3, -0.25) is 4.79 Å². The number of benzene rings is 4. The Bertz CT molecular complexity index is 1820. The minimum absolute atomic E-state index is 0.00950. The Kier molecular flexibility index (Phi) is 9.41. The van der Waals surface area contributed by atoms with Gasteiger partial charge in [-0.25, -0.2) is 0 Å². The van der Waals surface area contributed by atoms with E-state index in [2.05, 4.69) is 126 Å². The lowest BCUT2D eigenvalue weighted by atomic mass is 9.69. The smallest absolute Gasteiger partial charge is 0.186 e. The average molecular weight is 617 g/mol. The van der Waals surface area contributed by atoms with Crippen LogP contribution in [0.2, 0.25) is 0 Å². The molecule has 2 aliphatic rings. The van der Waals surface area contributed by atoms with Crippen LogP contribution in [0, 0.1) is 5.92 Å². The van der Waals surface area contributed by atoms with E-state index in [1.165, 1.54) is 11.1 Å². The van der Waals surface area contributed by atoms with Gasteiger partial charge in [-0.05, 0) is 69.5 Å². The van der Waals surface area contributed by atoms with E-state index in [4.69, 9.17) is 0 Å². The number of carbonyl (C=O) groups is 1. The number of aliphatic hydroxyl groups is 1. The SMILES string of the molecule is CC1=CC(C(C)c2ccccc2)=C(O)C(C(C)c2ccccc2)C1=C1C=C(C(C)c2ccccc2)C(=O)C(C(C)c2ccccc2)=C1. The standard InChI is InChI=1S/C45H44O2/c1-29-26-39(30(2)34-18-10-6-11-19-34)45(47)43(33(5)37-24-16-9-17-25-37)42(29)38-27-40(31(3)35-20-12-7-13-21-35)44(46)41(28-38)32(4)36-22-14-8-15-23-36/h6-28,30-33,43,47H,1-5H3. The molecule has 2 nitrogen and oxygen atoms in total. The van der Waals surface area contributed by atoms with E-state index in [1.54, 1.807) is 0 Å². The number of hydrogen-bond acceptors (Lipinski definition) is 2. The second-order valence-electron chi connectivity index (χ2n) is 13.1. The highest BCUT2D eigenvalue weighted by molar-refractivity contribution is 6.12. The van der Waals surface area contributed by atoms with E-state index in [1.807, 2.05) is 48.5 Å². The monoisotopic (exact) mass is 616 g/mol. The van der Waals surface area contributed by atoms with Gasteiger partial charge in [0.05, 0.1) is 0 Å². The normalized spacial score (nSPS) is 19.4. The lowest BCUT2D eigenvalue weighted by molar-refractivity contribution is -0.112. The van der Waals surface area contributed by atoms with Crippen LogP contribution in [-0.4, -0.2) is 10.9 Å². The van der Waals surface area contributed by atoms with E-state index in [0.29, 0.717) is 5.76 Å². The number of rotatable bonds is 8. The lowest BCUT2D eigenvalue weighted by Crippen LogP contribution is -2.25. The fourth-order valence-corrected chi connectivity index (χ4v) is 7.37. The molecule has 4 aromatic rings. The molecule has 6 rings (SSSR count). The first-order valence-electron chi connectivity index (χ1n) is 16.8. The number of Topliss-reactive ketones (excluding diaryl/α,β-unsaturated/α-hetero) is 1. The van der Waals surface area contributed by atoms with Gasteiger partial charge in [-0.1, -0.05) is 155 Å². The van der Waals surface area contributed by atoms with Crippen LogP contribution in [0.4, 0.5) is 0 Å². The van der Waals surface area contributed by atoms with Crippen LogP contribution < -0.4 is 0 Å². The second kappa shape index (κ2) is 13.8. The van der Waals surface area contributed by atoms with Gasteiger partial charge in [-0.2, -0.15) is 0 Å². The molecule has 0 aliphatic heterocycles. The summed E-state index contributed by atoms with van der Waals surface area (Å²) in [5, 5.41) is 12.4. The van der Waals surface area contributed by atoms with E-state index in [-0.39, 0.29) is 35.4 Å². The van der Waals surface area contributed by atoms with Crippen molar-refractivity contribution in [1.29, 1.82) is 0 Å². The maximum absolute atomic E-state index is 14.4. The van der Waals surface area contributed by atoms with Crippen molar-refractivity contribution < 1.29 is 9.90 Å². The summed E-state index contributed by atoms with van der Waals surface area (Å²) in [4.78, 5) is 14.4. The maximum atomic E-state index is 14.4. The van der Waals surface area contributed by atoms with Crippen molar-refractivity contribution >= 4 is 5.78 Å². The maximum Gasteiger partial charge on any atom is 0.186 e. The van der Waals surface area contributed by atoms with Gasteiger partial charge in [-0.15, -0.1) is 0 Å². The predicted molar refractivity (Wildman–Crippen MR) is 195 cm³/mol. The van der Waals surface area contributed by atoms with Crippen LogP contribution in [0.15, 0.2) is 179 Å². The molecule has 0 aromatic heterocycles. The summed E-state index contributed by atoms with van der Waals surface area (Å²) in [6.45, 7) is 10.8. The van der Waals surface area contributed by atoms with Gasteiger partial charge in [0.25, 0.3) is 0 Å². The van der Waals surface area contributed by atoms with Crippen molar-refractivity contribution in [3.63, 3.8) is 0 Å². The van der Waals surface area contributed by atoms with Crippen molar-refractivity contribution in [3.8, 4) is 0 Å². The number of allylic oxidation sites excluding steroid dienone is 9. The molecule has 4 aromatic carbocycles. The highest BCUT2D eigenvalue weighted by Crippen LogP contribution is 2.48. The van der Waals surface area contributed by atoms with Gasteiger partial charge in [0.1, 0.15) is 5.76 Å². The minimum atomic E-state index is -0.291. The first-order valence-corrected chi connectivity index (χ1v) is 16.8. The lowest BCUT2D eigenvalue weighted by Gasteiger charge is -2.35. The van der Waals surface area contributed by atoms with E-state index in [9.17, 15) is 9.90 Å². The zero-order valence-corrected chi connectivity index (χ0v) is 28.0. The number of aliphatic hydroxyl groups excluding tert-OH is 1. The summed E-state index contributed by atoms with van der Waals surface area (Å²) >= 11 is 0. The molecule has 0 bridgehead atoms. The topological polar surface area (TPSA) is 37.3 Å². The third-order valence-electron chi connectivity index (χ3n) is 10.3. The average Bonchev–Trinajstić information content (AvgIpc) is 3.12.